The van der Waals surface area contributed by atoms with Crippen molar-refractivity contribution in [2.75, 3.05) is 0 Å². The van der Waals surface area contributed by atoms with E-state index in [0.717, 1.165) is 36.3 Å². The van der Waals surface area contributed by atoms with Crippen molar-refractivity contribution in [3.8, 4) is 0 Å². The molecule has 98 valence electrons. The van der Waals surface area contributed by atoms with Gasteiger partial charge in [-0.15, -0.1) is 11.3 Å². The van der Waals surface area contributed by atoms with Crippen LogP contribution in [-0.4, -0.2) is 6.04 Å². The molecule has 5 rings (SSSR count). The van der Waals surface area contributed by atoms with E-state index in [2.05, 4.69) is 24.4 Å². The maximum Gasteiger partial charge on any atom is 0.0302 e. The summed E-state index contributed by atoms with van der Waals surface area (Å²) in [5, 5.41) is 3.90. The van der Waals surface area contributed by atoms with Gasteiger partial charge in [-0.1, -0.05) is 0 Å². The van der Waals surface area contributed by atoms with Crippen LogP contribution in [0.1, 0.15) is 41.9 Å². The molecule has 0 spiro atoms. The average Bonchev–Trinajstić information content (AvgIpc) is 2.73. The Balaban J connectivity index is 1.43. The van der Waals surface area contributed by atoms with Crippen LogP contribution in [0.2, 0.25) is 0 Å². The van der Waals surface area contributed by atoms with Crippen LogP contribution >= 0.6 is 11.3 Å². The van der Waals surface area contributed by atoms with Crippen LogP contribution in [0.3, 0.4) is 0 Å². The van der Waals surface area contributed by atoms with E-state index >= 15 is 0 Å². The molecule has 1 nitrogen and oxygen atoms in total. The van der Waals surface area contributed by atoms with E-state index in [1.807, 2.05) is 11.3 Å². The number of rotatable bonds is 3. The summed E-state index contributed by atoms with van der Waals surface area (Å²) in [5.74, 6) is 4.19. The molecule has 4 bridgehead atoms. The second-order valence-corrected chi connectivity index (χ2v) is 8.22. The van der Waals surface area contributed by atoms with E-state index in [1.165, 1.54) is 35.4 Å². The highest BCUT2D eigenvalue weighted by Crippen LogP contribution is 2.53. The smallest absolute Gasteiger partial charge is 0.0302 e. The molecule has 0 unspecified atom stereocenters. The first-order valence-electron chi connectivity index (χ1n) is 7.56. The van der Waals surface area contributed by atoms with Gasteiger partial charge in [0.05, 0.1) is 0 Å². The second-order valence-electron chi connectivity index (χ2n) is 6.85. The summed E-state index contributed by atoms with van der Waals surface area (Å²) >= 11 is 1.95. The summed E-state index contributed by atoms with van der Waals surface area (Å²) in [4.78, 5) is 2.96. The van der Waals surface area contributed by atoms with Gasteiger partial charge in [0.15, 0.2) is 0 Å². The van der Waals surface area contributed by atoms with Gasteiger partial charge in [-0.2, -0.15) is 0 Å². The Kier molecular flexibility index (Phi) is 2.77. The third-order valence-corrected chi connectivity index (χ3v) is 6.54. The SMILES string of the molecule is Cc1ccc(CNC2C3CC4CC(C3)CC2C4)s1. The predicted octanol–water partition coefficient (Wildman–Crippen LogP) is 3.97. The Morgan fingerprint density at radius 3 is 2.28 bits per heavy atom. The fourth-order valence-corrected chi connectivity index (χ4v) is 5.90. The van der Waals surface area contributed by atoms with Gasteiger partial charge in [-0.3, -0.25) is 0 Å². The highest BCUT2D eigenvalue weighted by atomic mass is 32.1. The van der Waals surface area contributed by atoms with Crippen LogP contribution in [0.25, 0.3) is 0 Å². The van der Waals surface area contributed by atoms with Crippen LogP contribution in [0.15, 0.2) is 12.1 Å². The van der Waals surface area contributed by atoms with E-state index in [0.29, 0.717) is 0 Å². The highest BCUT2D eigenvalue weighted by molar-refractivity contribution is 7.11. The lowest BCUT2D eigenvalue weighted by molar-refractivity contribution is -0.0141. The van der Waals surface area contributed by atoms with E-state index < -0.39 is 0 Å². The first-order chi connectivity index (χ1) is 8.78. The molecule has 1 heterocycles. The summed E-state index contributed by atoms with van der Waals surface area (Å²) in [7, 11) is 0. The van der Waals surface area contributed by atoms with E-state index in [-0.39, 0.29) is 0 Å². The summed E-state index contributed by atoms with van der Waals surface area (Å²) in [6.45, 7) is 3.31. The fraction of sp³-hybridized carbons (Fsp3) is 0.750. The molecule has 4 aliphatic rings. The fourth-order valence-electron chi connectivity index (χ4n) is 5.06. The van der Waals surface area contributed by atoms with Crippen LogP contribution in [0, 0.1) is 30.6 Å². The van der Waals surface area contributed by atoms with E-state index in [4.69, 9.17) is 0 Å². The van der Waals surface area contributed by atoms with Crippen molar-refractivity contribution in [1.29, 1.82) is 0 Å². The predicted molar refractivity (Wildman–Crippen MR) is 76.7 cm³/mol. The molecule has 0 amide bonds. The van der Waals surface area contributed by atoms with Crippen LogP contribution in [0.5, 0.6) is 0 Å². The van der Waals surface area contributed by atoms with Gasteiger partial charge < -0.3 is 5.32 Å². The van der Waals surface area contributed by atoms with Crippen LogP contribution in [-0.2, 0) is 6.54 Å². The lowest BCUT2D eigenvalue weighted by Gasteiger charge is -2.54. The van der Waals surface area contributed by atoms with Crippen molar-refractivity contribution in [2.45, 2.75) is 51.6 Å². The third-order valence-electron chi connectivity index (χ3n) is 5.53. The standard InChI is InChI=1S/C16H23NS/c1-10-2-3-15(18-10)9-17-16-13-5-11-4-12(7-13)8-14(16)6-11/h2-3,11-14,16-17H,4-9H2,1H3. The molecule has 4 fully saturated rings. The van der Waals surface area contributed by atoms with Gasteiger partial charge in [0, 0.05) is 22.3 Å². The molecule has 0 saturated heterocycles. The molecule has 18 heavy (non-hydrogen) atoms. The number of aryl methyl sites for hydroxylation is 1. The second kappa shape index (κ2) is 4.35. The van der Waals surface area contributed by atoms with Crippen LogP contribution in [0.4, 0.5) is 0 Å². The minimum absolute atomic E-state index is 0.834. The number of hydrogen-bond donors (Lipinski definition) is 1. The highest BCUT2D eigenvalue weighted by Gasteiger charge is 2.47. The third kappa shape index (κ3) is 1.94. The van der Waals surface area contributed by atoms with E-state index in [9.17, 15) is 0 Å². The molecule has 0 aromatic carbocycles. The minimum Gasteiger partial charge on any atom is -0.309 e. The number of nitrogens with one attached hydrogen (secondary N) is 1. The van der Waals surface area contributed by atoms with Crippen molar-refractivity contribution in [3.05, 3.63) is 21.9 Å². The molecular weight excluding hydrogens is 238 g/mol. The van der Waals surface area contributed by atoms with Gasteiger partial charge in [-0.05, 0) is 74.8 Å². The molecule has 0 aliphatic heterocycles. The van der Waals surface area contributed by atoms with Crippen molar-refractivity contribution in [2.24, 2.45) is 23.7 Å². The van der Waals surface area contributed by atoms with Gasteiger partial charge in [0.1, 0.15) is 0 Å². The van der Waals surface area contributed by atoms with Gasteiger partial charge in [-0.25, -0.2) is 0 Å². The Bertz CT molecular complexity index is 408. The molecular formula is C16H23NS. The summed E-state index contributed by atoms with van der Waals surface area (Å²) in [6, 6.07) is 5.38. The van der Waals surface area contributed by atoms with E-state index in [1.54, 1.807) is 6.42 Å². The van der Waals surface area contributed by atoms with Crippen LogP contribution < -0.4 is 5.32 Å². The Labute approximate surface area is 114 Å². The molecule has 4 saturated carbocycles. The maximum atomic E-state index is 3.90. The lowest BCUT2D eigenvalue weighted by Crippen LogP contribution is -2.54. The zero-order valence-corrected chi connectivity index (χ0v) is 12.0. The summed E-state index contributed by atoms with van der Waals surface area (Å²) in [6.07, 6.45) is 7.65. The van der Waals surface area contributed by atoms with Crippen molar-refractivity contribution < 1.29 is 0 Å². The normalized spacial score (nSPS) is 41.5. The first-order valence-corrected chi connectivity index (χ1v) is 8.38. The molecule has 0 atom stereocenters. The molecule has 0 radical (unpaired) electrons. The van der Waals surface area contributed by atoms with Gasteiger partial charge in [0.25, 0.3) is 0 Å². The number of thiophene rings is 1. The molecule has 4 aliphatic carbocycles. The Hall–Kier alpha value is -0.340. The first kappa shape index (κ1) is 11.5. The van der Waals surface area contributed by atoms with Crippen molar-refractivity contribution >= 4 is 11.3 Å². The summed E-state index contributed by atoms with van der Waals surface area (Å²) < 4.78 is 0. The minimum atomic E-state index is 0.834. The Morgan fingerprint density at radius 1 is 1.06 bits per heavy atom. The monoisotopic (exact) mass is 261 g/mol. The average molecular weight is 261 g/mol. The zero-order chi connectivity index (χ0) is 12.1. The summed E-state index contributed by atoms with van der Waals surface area (Å²) in [5.41, 5.74) is 0. The topological polar surface area (TPSA) is 12.0 Å². The molecule has 1 aromatic rings. The maximum absolute atomic E-state index is 3.90. The van der Waals surface area contributed by atoms with Gasteiger partial charge >= 0.3 is 0 Å². The number of hydrogen-bond acceptors (Lipinski definition) is 2. The van der Waals surface area contributed by atoms with Gasteiger partial charge in [0.2, 0.25) is 0 Å². The lowest BCUT2D eigenvalue weighted by atomic mass is 9.54. The Morgan fingerprint density at radius 2 is 1.72 bits per heavy atom. The largest absolute Gasteiger partial charge is 0.309 e. The molecule has 1 aromatic heterocycles. The quantitative estimate of drug-likeness (QED) is 0.868. The zero-order valence-electron chi connectivity index (χ0n) is 11.2. The molecule has 2 heteroatoms. The van der Waals surface area contributed by atoms with Crippen molar-refractivity contribution in [1.82, 2.24) is 5.32 Å². The molecule has 1 N–H and O–H groups in total. The van der Waals surface area contributed by atoms with Crippen molar-refractivity contribution in [3.63, 3.8) is 0 Å².